The molecule has 2 aromatic carbocycles. The highest BCUT2D eigenvalue weighted by Gasteiger charge is 2.36. The number of aromatic nitrogens is 2. The first-order valence-corrected chi connectivity index (χ1v) is 18.7. The van der Waals surface area contributed by atoms with Crippen molar-refractivity contribution in [2.45, 2.75) is 77.6 Å². The first-order valence-electron chi connectivity index (χ1n) is 17.9. The van der Waals surface area contributed by atoms with E-state index in [2.05, 4.69) is 9.97 Å². The van der Waals surface area contributed by atoms with Gasteiger partial charge in [-0.2, -0.15) is 9.97 Å². The molecule has 0 bridgehead atoms. The number of ether oxygens (including phenoxy) is 4. The number of aliphatic hydroxyl groups is 1. The Bertz CT molecular complexity index is 2070. The first kappa shape index (κ1) is 40.0. The third kappa shape index (κ3) is 8.92. The van der Waals surface area contributed by atoms with E-state index in [9.17, 15) is 24.9 Å². The van der Waals surface area contributed by atoms with Gasteiger partial charge in [0, 0.05) is 37.2 Å². The maximum Gasteiger partial charge on any atom is 0.321 e. The molecule has 292 valence electrons. The minimum atomic E-state index is -1.000. The summed E-state index contributed by atoms with van der Waals surface area (Å²) in [5.74, 6) is -0.860. The molecule has 55 heavy (non-hydrogen) atoms. The molecule has 2 aliphatic heterocycles. The van der Waals surface area contributed by atoms with E-state index in [1.165, 1.54) is 14.2 Å². The number of pyridine rings is 2. The van der Waals surface area contributed by atoms with Crippen LogP contribution >= 0.6 is 23.2 Å². The van der Waals surface area contributed by atoms with E-state index in [4.69, 9.17) is 42.1 Å². The summed E-state index contributed by atoms with van der Waals surface area (Å²) in [4.78, 5) is 36.0. The van der Waals surface area contributed by atoms with E-state index >= 15 is 0 Å². The van der Waals surface area contributed by atoms with Crippen molar-refractivity contribution in [3.8, 4) is 34.6 Å². The van der Waals surface area contributed by atoms with Crippen LogP contribution in [0.25, 0.3) is 11.1 Å². The minimum Gasteiger partial charge on any atom is -0.481 e. The lowest BCUT2D eigenvalue weighted by Crippen LogP contribution is -2.35. The molecule has 2 aromatic heterocycles. The van der Waals surface area contributed by atoms with Gasteiger partial charge in [-0.3, -0.25) is 19.4 Å². The van der Waals surface area contributed by atoms with Crippen LogP contribution in [0.15, 0.2) is 48.5 Å². The zero-order valence-electron chi connectivity index (χ0n) is 31.1. The fourth-order valence-electron chi connectivity index (χ4n) is 7.37. The Morgan fingerprint density at radius 2 is 1.24 bits per heavy atom. The second-order valence-electron chi connectivity index (χ2n) is 13.8. The van der Waals surface area contributed by atoms with E-state index in [-0.39, 0.29) is 55.4 Å². The van der Waals surface area contributed by atoms with Crippen LogP contribution in [-0.2, 0) is 35.9 Å². The predicted octanol–water partition coefficient (Wildman–Crippen LogP) is 6.31. The van der Waals surface area contributed by atoms with Crippen LogP contribution in [0.5, 0.6) is 23.5 Å². The molecule has 0 spiro atoms. The fraction of sp³-hybridized carbons (Fsp3) is 0.400. The van der Waals surface area contributed by atoms with Crippen LogP contribution in [0.1, 0.15) is 52.6 Å². The van der Waals surface area contributed by atoms with Gasteiger partial charge in [0.2, 0.25) is 23.5 Å². The van der Waals surface area contributed by atoms with Crippen molar-refractivity contribution < 1.29 is 43.9 Å². The van der Waals surface area contributed by atoms with E-state index in [1.54, 1.807) is 17.0 Å². The second-order valence-corrected chi connectivity index (χ2v) is 14.6. The molecule has 0 saturated carbocycles. The van der Waals surface area contributed by atoms with Crippen LogP contribution in [0.2, 0.25) is 10.0 Å². The maximum absolute atomic E-state index is 11.7. The number of methoxy groups -OCH3 is 2. The molecule has 15 heteroatoms. The number of carboxylic acid groups (broad SMARTS) is 2. The summed E-state index contributed by atoms with van der Waals surface area (Å²) < 4.78 is 23.3. The van der Waals surface area contributed by atoms with Crippen molar-refractivity contribution in [2.24, 2.45) is 0 Å². The van der Waals surface area contributed by atoms with Gasteiger partial charge in [-0.25, -0.2) is 0 Å². The number of carboxylic acids is 2. The predicted molar refractivity (Wildman–Crippen MR) is 205 cm³/mol. The summed E-state index contributed by atoms with van der Waals surface area (Å²) in [5, 5.41) is 29.8. The van der Waals surface area contributed by atoms with Gasteiger partial charge in [0.05, 0.1) is 20.3 Å². The second kappa shape index (κ2) is 17.4. The number of rotatable bonds is 15. The monoisotopic (exact) mass is 794 g/mol. The zero-order valence-corrected chi connectivity index (χ0v) is 32.6. The lowest BCUT2D eigenvalue weighted by Gasteiger charge is -2.22. The van der Waals surface area contributed by atoms with Crippen LogP contribution in [0.4, 0.5) is 0 Å². The molecule has 3 N–H and O–H groups in total. The van der Waals surface area contributed by atoms with Gasteiger partial charge in [0.25, 0.3) is 0 Å². The molecule has 4 heterocycles. The molecule has 6 rings (SSSR count). The average molecular weight is 796 g/mol. The highest BCUT2D eigenvalue weighted by Crippen LogP contribution is 2.36. The minimum absolute atomic E-state index is 0.145. The molecular formula is C40H44Cl2N4O9. The van der Waals surface area contributed by atoms with Gasteiger partial charge in [-0.05, 0) is 78.7 Å². The number of hydrogen-bond acceptors (Lipinski definition) is 11. The van der Waals surface area contributed by atoms with Gasteiger partial charge in [0.1, 0.15) is 35.3 Å². The number of aliphatic hydroxyl groups excluding tert-OH is 1. The Morgan fingerprint density at radius 3 is 1.71 bits per heavy atom. The van der Waals surface area contributed by atoms with Gasteiger partial charge in [-0.15, -0.1) is 0 Å². The third-order valence-electron chi connectivity index (χ3n) is 10.3. The van der Waals surface area contributed by atoms with E-state index in [0.717, 1.165) is 39.8 Å². The van der Waals surface area contributed by atoms with Gasteiger partial charge in [0.15, 0.2) is 0 Å². The number of β-amino-alcohol motifs (C(OH)–C–C–N with tert-alkyl or cyclic N) is 1. The molecule has 0 amide bonds. The molecule has 13 nitrogen and oxygen atoms in total. The summed E-state index contributed by atoms with van der Waals surface area (Å²) in [5.41, 5.74) is 7.16. The van der Waals surface area contributed by atoms with Gasteiger partial charge in [-0.1, -0.05) is 59.6 Å². The standard InChI is InChI=1S/C40H44Cl2N4O9/c1-22-24(20-54-37-31(41)14-26(35(43-37)52-3)17-45-13-7-12-33(45)39(48)49)8-5-10-29(22)30-11-6-9-25(23(30)2)21-55-38-32(42)15-27(36(44-38)53-4)18-46-19-28(47)16-34(46)40(50)51/h5-6,8-11,14-15,28,33-34,47H,7,12-13,16-21H2,1-4H3,(H,48,49)(H,50,51)/t28-,33-,34-/m0/s1. The Morgan fingerprint density at radius 1 is 0.745 bits per heavy atom. The summed E-state index contributed by atoms with van der Waals surface area (Å²) in [7, 11) is 2.98. The number of likely N-dealkylation sites (tertiary alicyclic amines) is 2. The summed E-state index contributed by atoms with van der Waals surface area (Å²) >= 11 is 13.3. The Hall–Kier alpha value is -4.66. The topological polar surface area (TPSA) is 164 Å². The Kier molecular flexibility index (Phi) is 12.7. The van der Waals surface area contributed by atoms with Crippen molar-refractivity contribution >= 4 is 35.1 Å². The molecule has 0 aliphatic carbocycles. The molecule has 4 aromatic rings. The number of hydrogen-bond donors (Lipinski definition) is 3. The third-order valence-corrected chi connectivity index (χ3v) is 10.9. The van der Waals surface area contributed by atoms with E-state index < -0.39 is 30.1 Å². The highest BCUT2D eigenvalue weighted by atomic mass is 35.5. The average Bonchev–Trinajstić information content (AvgIpc) is 3.78. The normalized spacial score (nSPS) is 18.7. The van der Waals surface area contributed by atoms with Crippen molar-refractivity contribution in [1.82, 2.24) is 19.8 Å². The summed E-state index contributed by atoms with van der Waals surface area (Å²) in [6, 6.07) is 14.0. The Balaban J connectivity index is 1.15. The first-order chi connectivity index (χ1) is 26.4. The van der Waals surface area contributed by atoms with Crippen LogP contribution in [-0.4, -0.2) is 92.5 Å². The lowest BCUT2D eigenvalue weighted by atomic mass is 9.92. The van der Waals surface area contributed by atoms with Crippen LogP contribution in [0.3, 0.4) is 0 Å². The molecule has 0 radical (unpaired) electrons. The zero-order chi connectivity index (χ0) is 39.4. The smallest absolute Gasteiger partial charge is 0.321 e. The fourth-order valence-corrected chi connectivity index (χ4v) is 7.83. The number of halogens is 2. The molecule has 3 atom stereocenters. The van der Waals surface area contributed by atoms with Gasteiger partial charge >= 0.3 is 11.9 Å². The maximum atomic E-state index is 11.7. The molecule has 2 fully saturated rings. The number of nitrogens with zero attached hydrogens (tertiary/aromatic N) is 4. The van der Waals surface area contributed by atoms with E-state index in [1.807, 2.05) is 55.1 Å². The van der Waals surface area contributed by atoms with Crippen LogP contribution in [0, 0.1) is 13.8 Å². The molecule has 2 saturated heterocycles. The molecule has 2 aliphatic rings. The number of benzene rings is 2. The van der Waals surface area contributed by atoms with Crippen molar-refractivity contribution in [1.29, 1.82) is 0 Å². The van der Waals surface area contributed by atoms with Crippen molar-refractivity contribution in [2.75, 3.05) is 27.3 Å². The molecule has 0 unspecified atom stereocenters. The number of aliphatic carboxylic acids is 2. The lowest BCUT2D eigenvalue weighted by molar-refractivity contribution is -0.143. The SMILES string of the molecule is COc1nc(OCc2cccc(-c3cccc(COc4nc(OC)c(CN5C[C@@H](O)C[C@H]5C(=O)O)cc4Cl)c3C)c2C)c(Cl)cc1CN1CCC[C@H]1C(=O)O. The van der Waals surface area contributed by atoms with Crippen molar-refractivity contribution in [3.63, 3.8) is 0 Å². The Labute approximate surface area is 329 Å². The van der Waals surface area contributed by atoms with E-state index in [0.29, 0.717) is 41.5 Å². The quantitative estimate of drug-likeness (QED) is 0.123. The summed E-state index contributed by atoms with van der Waals surface area (Å²) in [6.07, 6.45) is 0.817. The largest absolute Gasteiger partial charge is 0.481 e. The highest BCUT2D eigenvalue weighted by molar-refractivity contribution is 6.32. The van der Waals surface area contributed by atoms with Crippen LogP contribution < -0.4 is 18.9 Å². The van der Waals surface area contributed by atoms with Crippen molar-refractivity contribution in [3.05, 3.63) is 92.0 Å². The molecular weight excluding hydrogens is 751 g/mol. The van der Waals surface area contributed by atoms with Gasteiger partial charge < -0.3 is 34.3 Å². The summed E-state index contributed by atoms with van der Waals surface area (Å²) in [6.45, 7) is 5.85. The number of carbonyl (C=O) groups is 2.